The molecule has 0 amide bonds. The number of aliphatic carboxylic acids is 1. The van der Waals surface area contributed by atoms with Gasteiger partial charge in [0.1, 0.15) is 0 Å². The van der Waals surface area contributed by atoms with Crippen LogP contribution in [0.1, 0.15) is 25.7 Å². The maximum Gasteiger partial charge on any atom is 0.490 e. The molecule has 23 heavy (non-hydrogen) atoms. The first kappa shape index (κ1) is 20.1. The van der Waals surface area contributed by atoms with E-state index in [1.165, 1.54) is 25.7 Å². The van der Waals surface area contributed by atoms with Gasteiger partial charge >= 0.3 is 12.1 Å². The molecule has 0 aromatic heterocycles. The van der Waals surface area contributed by atoms with Gasteiger partial charge in [0.05, 0.1) is 6.54 Å². The number of carboxylic acids is 1. The van der Waals surface area contributed by atoms with Crippen LogP contribution in [0.25, 0.3) is 0 Å². The lowest BCUT2D eigenvalue weighted by Gasteiger charge is -2.39. The van der Waals surface area contributed by atoms with Crippen LogP contribution in [0.15, 0.2) is 0 Å². The van der Waals surface area contributed by atoms with Crippen LogP contribution in [0.5, 0.6) is 0 Å². The van der Waals surface area contributed by atoms with Crippen LogP contribution in [0.3, 0.4) is 0 Å². The van der Waals surface area contributed by atoms with E-state index in [2.05, 4.69) is 5.32 Å². The molecule has 0 radical (unpaired) electrons. The lowest BCUT2D eigenvalue weighted by Crippen LogP contribution is -2.48. The molecule has 2 N–H and O–H groups in total. The van der Waals surface area contributed by atoms with Crippen LogP contribution in [0.4, 0.5) is 22.0 Å². The Bertz CT molecular complexity index is 354. The lowest BCUT2D eigenvalue weighted by atomic mass is 9.86. The van der Waals surface area contributed by atoms with E-state index in [9.17, 15) is 22.0 Å². The molecule has 4 nitrogen and oxygen atoms in total. The van der Waals surface area contributed by atoms with E-state index in [0.717, 1.165) is 32.1 Å². The third kappa shape index (κ3) is 8.45. The van der Waals surface area contributed by atoms with Crippen molar-refractivity contribution in [2.24, 2.45) is 11.8 Å². The van der Waals surface area contributed by atoms with E-state index in [1.54, 1.807) is 0 Å². The standard InChI is InChI=1S/C12H22F2N2.C2HF3O2/c13-12(14)9-16-7-11(8-16)2-1-10-3-5-15-6-4-10;3-2(4,5)1(6)7/h10-12,15H,1-9H2;(H,6,7). The quantitative estimate of drug-likeness (QED) is 0.752. The monoisotopic (exact) mass is 346 g/mol. The molecule has 0 saturated carbocycles. The number of nitrogens with zero attached hydrogens (tertiary/aromatic N) is 1. The van der Waals surface area contributed by atoms with E-state index >= 15 is 0 Å². The Kier molecular flexibility index (Phi) is 8.18. The van der Waals surface area contributed by atoms with Gasteiger partial charge in [-0.15, -0.1) is 0 Å². The Morgan fingerprint density at radius 1 is 1.13 bits per heavy atom. The van der Waals surface area contributed by atoms with Gasteiger partial charge in [-0.25, -0.2) is 13.6 Å². The number of piperidine rings is 1. The molecule has 2 rings (SSSR count). The molecule has 2 heterocycles. The van der Waals surface area contributed by atoms with Crippen LogP contribution in [0, 0.1) is 11.8 Å². The van der Waals surface area contributed by atoms with Gasteiger partial charge in [-0.1, -0.05) is 0 Å². The van der Waals surface area contributed by atoms with E-state index in [-0.39, 0.29) is 6.54 Å². The highest BCUT2D eigenvalue weighted by atomic mass is 19.4. The van der Waals surface area contributed by atoms with Crippen molar-refractivity contribution in [1.82, 2.24) is 10.2 Å². The molecule has 2 saturated heterocycles. The number of alkyl halides is 5. The molecule has 0 spiro atoms. The van der Waals surface area contributed by atoms with E-state index in [4.69, 9.17) is 9.90 Å². The molecule has 2 aliphatic heterocycles. The number of likely N-dealkylation sites (tertiary alicyclic amines) is 1. The first-order valence-electron chi connectivity index (χ1n) is 7.69. The number of nitrogens with one attached hydrogen (secondary N) is 1. The smallest absolute Gasteiger partial charge is 0.475 e. The molecule has 0 unspecified atom stereocenters. The van der Waals surface area contributed by atoms with Gasteiger partial charge in [0.25, 0.3) is 6.43 Å². The highest BCUT2D eigenvalue weighted by molar-refractivity contribution is 5.73. The summed E-state index contributed by atoms with van der Waals surface area (Å²) in [5.74, 6) is -1.19. The number of hydrogen-bond donors (Lipinski definition) is 2. The minimum absolute atomic E-state index is 0.0240. The zero-order chi connectivity index (χ0) is 17.5. The Morgan fingerprint density at radius 3 is 2.04 bits per heavy atom. The topological polar surface area (TPSA) is 52.6 Å². The second kappa shape index (κ2) is 9.36. The lowest BCUT2D eigenvalue weighted by molar-refractivity contribution is -0.192. The molecule has 0 bridgehead atoms. The van der Waals surface area contributed by atoms with Crippen LogP contribution in [-0.2, 0) is 4.79 Å². The fourth-order valence-corrected chi connectivity index (χ4v) is 2.85. The fourth-order valence-electron chi connectivity index (χ4n) is 2.85. The van der Waals surface area contributed by atoms with Gasteiger partial charge < -0.3 is 10.4 Å². The summed E-state index contributed by atoms with van der Waals surface area (Å²) in [5.41, 5.74) is 0. The first-order chi connectivity index (χ1) is 10.7. The van der Waals surface area contributed by atoms with Gasteiger partial charge in [-0.2, -0.15) is 13.2 Å². The Morgan fingerprint density at radius 2 is 1.61 bits per heavy atom. The minimum atomic E-state index is -5.08. The summed E-state index contributed by atoms with van der Waals surface area (Å²) in [7, 11) is 0. The van der Waals surface area contributed by atoms with Crippen molar-refractivity contribution >= 4 is 5.97 Å². The SMILES string of the molecule is FC(F)CN1CC(CCC2CCNCC2)C1.O=C(O)C(F)(F)F. The maximum atomic E-state index is 12.1. The van der Waals surface area contributed by atoms with E-state index in [1.807, 2.05) is 4.90 Å². The van der Waals surface area contributed by atoms with Gasteiger partial charge in [0.15, 0.2) is 0 Å². The number of halogens is 5. The van der Waals surface area contributed by atoms with E-state index in [0.29, 0.717) is 5.92 Å². The average Bonchev–Trinajstić information content (AvgIpc) is 2.41. The summed E-state index contributed by atoms with van der Waals surface area (Å²) in [4.78, 5) is 10.8. The largest absolute Gasteiger partial charge is 0.490 e. The number of carboxylic acid groups (broad SMARTS) is 1. The molecule has 0 atom stereocenters. The predicted molar refractivity (Wildman–Crippen MR) is 74.5 cm³/mol. The van der Waals surface area contributed by atoms with Crippen LogP contribution < -0.4 is 5.32 Å². The Labute approximate surface area is 132 Å². The van der Waals surface area contributed by atoms with Crippen molar-refractivity contribution in [1.29, 1.82) is 0 Å². The van der Waals surface area contributed by atoms with E-state index < -0.39 is 18.6 Å². The van der Waals surface area contributed by atoms with Crippen molar-refractivity contribution in [2.75, 3.05) is 32.7 Å². The third-order valence-corrected chi connectivity index (χ3v) is 4.11. The van der Waals surface area contributed by atoms with Crippen LogP contribution in [-0.4, -0.2) is 61.3 Å². The molecule has 0 aromatic carbocycles. The molecule has 136 valence electrons. The zero-order valence-electron chi connectivity index (χ0n) is 12.8. The first-order valence-corrected chi connectivity index (χ1v) is 7.69. The normalized spacial score (nSPS) is 20.8. The second-order valence-electron chi connectivity index (χ2n) is 6.05. The van der Waals surface area contributed by atoms with Crippen LogP contribution in [0.2, 0.25) is 0 Å². The molecular weight excluding hydrogens is 323 g/mol. The minimum Gasteiger partial charge on any atom is -0.475 e. The summed E-state index contributed by atoms with van der Waals surface area (Å²) in [6.07, 6.45) is -2.11. The van der Waals surface area contributed by atoms with Gasteiger partial charge in [0, 0.05) is 13.1 Å². The number of rotatable bonds is 5. The molecule has 2 fully saturated rings. The maximum absolute atomic E-state index is 12.1. The summed E-state index contributed by atoms with van der Waals surface area (Å²) in [5, 5.41) is 10.5. The molecule has 2 aliphatic rings. The van der Waals surface area contributed by atoms with Crippen molar-refractivity contribution in [2.45, 2.75) is 38.3 Å². The Hall–Kier alpha value is -0.960. The van der Waals surface area contributed by atoms with Gasteiger partial charge in [0.2, 0.25) is 0 Å². The second-order valence-corrected chi connectivity index (χ2v) is 6.05. The predicted octanol–water partition coefficient (Wildman–Crippen LogP) is 2.60. The Balaban J connectivity index is 0.000000322. The van der Waals surface area contributed by atoms with Crippen molar-refractivity contribution in [3.8, 4) is 0 Å². The third-order valence-electron chi connectivity index (χ3n) is 4.11. The molecule has 9 heteroatoms. The van der Waals surface area contributed by atoms with Gasteiger partial charge in [-0.3, -0.25) is 4.90 Å². The van der Waals surface area contributed by atoms with Crippen molar-refractivity contribution in [3.63, 3.8) is 0 Å². The zero-order valence-corrected chi connectivity index (χ0v) is 12.8. The average molecular weight is 346 g/mol. The summed E-state index contributed by atoms with van der Waals surface area (Å²) in [6.45, 7) is 4.09. The highest BCUT2D eigenvalue weighted by Gasteiger charge is 2.38. The molecule has 0 aliphatic carbocycles. The van der Waals surface area contributed by atoms with Crippen molar-refractivity contribution < 1.29 is 31.9 Å². The van der Waals surface area contributed by atoms with Gasteiger partial charge in [-0.05, 0) is 50.6 Å². The summed E-state index contributed by atoms with van der Waals surface area (Å²) in [6, 6.07) is 0. The highest BCUT2D eigenvalue weighted by Crippen LogP contribution is 2.26. The van der Waals surface area contributed by atoms with Crippen LogP contribution >= 0.6 is 0 Å². The fraction of sp³-hybridized carbons (Fsp3) is 0.929. The number of carbonyl (C=O) groups is 1. The number of hydrogen-bond acceptors (Lipinski definition) is 3. The summed E-state index contributed by atoms with van der Waals surface area (Å²) < 4.78 is 55.9. The molecular formula is C14H23F5N2O2. The van der Waals surface area contributed by atoms with Crippen molar-refractivity contribution in [3.05, 3.63) is 0 Å². The summed E-state index contributed by atoms with van der Waals surface area (Å²) >= 11 is 0. The molecule has 0 aromatic rings.